The topological polar surface area (TPSA) is 58.4 Å². The zero-order valence-corrected chi connectivity index (χ0v) is 10.1. The SMILES string of the molecule is CC(CCC(=O)O)N(C)Cc1nccn1C. The van der Waals surface area contributed by atoms with Gasteiger partial charge in [-0.2, -0.15) is 0 Å². The highest BCUT2D eigenvalue weighted by molar-refractivity contribution is 5.66. The van der Waals surface area contributed by atoms with E-state index in [4.69, 9.17) is 5.11 Å². The maximum Gasteiger partial charge on any atom is 0.303 e. The van der Waals surface area contributed by atoms with Gasteiger partial charge in [0.15, 0.2) is 0 Å². The second kappa shape index (κ2) is 5.65. The second-order valence-electron chi connectivity index (χ2n) is 4.15. The lowest BCUT2D eigenvalue weighted by atomic mass is 10.1. The van der Waals surface area contributed by atoms with E-state index >= 15 is 0 Å². The lowest BCUT2D eigenvalue weighted by Crippen LogP contribution is -2.30. The Bertz CT molecular complexity index is 349. The van der Waals surface area contributed by atoms with Crippen molar-refractivity contribution >= 4 is 5.97 Å². The lowest BCUT2D eigenvalue weighted by molar-refractivity contribution is -0.137. The first-order valence-corrected chi connectivity index (χ1v) is 5.39. The summed E-state index contributed by atoms with van der Waals surface area (Å²) >= 11 is 0. The van der Waals surface area contributed by atoms with Gasteiger partial charge in [0.25, 0.3) is 0 Å². The number of carboxylic acid groups (broad SMARTS) is 1. The molecule has 90 valence electrons. The summed E-state index contributed by atoms with van der Waals surface area (Å²) < 4.78 is 1.97. The number of aryl methyl sites for hydroxylation is 1. The number of aromatic nitrogens is 2. The van der Waals surface area contributed by atoms with Crippen LogP contribution in [-0.4, -0.2) is 38.6 Å². The van der Waals surface area contributed by atoms with Crippen LogP contribution in [0.15, 0.2) is 12.4 Å². The van der Waals surface area contributed by atoms with Crippen molar-refractivity contribution in [1.82, 2.24) is 14.5 Å². The second-order valence-corrected chi connectivity index (χ2v) is 4.15. The molecule has 1 rings (SSSR count). The number of carbonyl (C=O) groups is 1. The number of rotatable bonds is 6. The molecule has 0 aliphatic heterocycles. The summed E-state index contributed by atoms with van der Waals surface area (Å²) in [6.07, 6.45) is 4.55. The highest BCUT2D eigenvalue weighted by atomic mass is 16.4. The van der Waals surface area contributed by atoms with Crippen molar-refractivity contribution in [3.63, 3.8) is 0 Å². The van der Waals surface area contributed by atoms with Crippen LogP contribution in [0.1, 0.15) is 25.6 Å². The molecular weight excluding hydrogens is 206 g/mol. The Kier molecular flexibility index (Phi) is 4.49. The number of hydrogen-bond acceptors (Lipinski definition) is 3. The number of hydrogen-bond donors (Lipinski definition) is 1. The number of imidazole rings is 1. The molecule has 1 heterocycles. The minimum atomic E-state index is -0.739. The summed E-state index contributed by atoms with van der Waals surface area (Å²) in [7, 11) is 3.94. The molecule has 0 amide bonds. The van der Waals surface area contributed by atoms with Crippen LogP contribution in [-0.2, 0) is 18.4 Å². The summed E-state index contributed by atoms with van der Waals surface area (Å²) in [6, 6.07) is 0.243. The molecule has 1 unspecified atom stereocenters. The quantitative estimate of drug-likeness (QED) is 0.787. The van der Waals surface area contributed by atoms with Crippen LogP contribution in [0, 0.1) is 0 Å². The first-order chi connectivity index (χ1) is 7.50. The molecular formula is C11H19N3O2. The van der Waals surface area contributed by atoms with Crippen LogP contribution in [0.5, 0.6) is 0 Å². The molecule has 1 aromatic rings. The predicted molar refractivity (Wildman–Crippen MR) is 61.0 cm³/mol. The molecule has 0 aliphatic rings. The summed E-state index contributed by atoms with van der Waals surface area (Å²) in [5, 5.41) is 8.61. The zero-order chi connectivity index (χ0) is 12.1. The predicted octanol–water partition coefficient (Wildman–Crippen LogP) is 1.11. The Hall–Kier alpha value is -1.36. The van der Waals surface area contributed by atoms with Crippen molar-refractivity contribution < 1.29 is 9.90 Å². The molecule has 1 aromatic heterocycles. The Morgan fingerprint density at radius 3 is 2.88 bits per heavy atom. The first-order valence-electron chi connectivity index (χ1n) is 5.39. The van der Waals surface area contributed by atoms with E-state index < -0.39 is 5.97 Å². The number of aliphatic carboxylic acids is 1. The fourth-order valence-electron chi connectivity index (χ4n) is 1.48. The van der Waals surface area contributed by atoms with E-state index in [0.29, 0.717) is 6.42 Å². The Morgan fingerprint density at radius 2 is 2.38 bits per heavy atom. The molecule has 1 atom stereocenters. The van der Waals surface area contributed by atoms with Gasteiger partial charge in [-0.1, -0.05) is 0 Å². The maximum absolute atomic E-state index is 10.5. The van der Waals surface area contributed by atoms with E-state index in [1.54, 1.807) is 6.20 Å². The molecule has 0 aliphatic carbocycles. The molecule has 0 saturated carbocycles. The van der Waals surface area contributed by atoms with Gasteiger partial charge in [0.2, 0.25) is 0 Å². The van der Waals surface area contributed by atoms with E-state index in [-0.39, 0.29) is 12.5 Å². The highest BCUT2D eigenvalue weighted by Crippen LogP contribution is 2.08. The van der Waals surface area contributed by atoms with Crippen LogP contribution >= 0.6 is 0 Å². The number of carboxylic acids is 1. The van der Waals surface area contributed by atoms with E-state index in [9.17, 15) is 4.79 Å². The van der Waals surface area contributed by atoms with E-state index in [2.05, 4.69) is 9.88 Å². The monoisotopic (exact) mass is 225 g/mol. The fraction of sp³-hybridized carbons (Fsp3) is 0.636. The molecule has 1 N–H and O–H groups in total. The zero-order valence-electron chi connectivity index (χ0n) is 10.1. The normalized spacial score (nSPS) is 13.0. The molecule has 0 spiro atoms. The first kappa shape index (κ1) is 12.7. The van der Waals surface area contributed by atoms with Gasteiger partial charge in [-0.25, -0.2) is 4.98 Å². The molecule has 0 aromatic carbocycles. The van der Waals surface area contributed by atoms with E-state index in [1.807, 2.05) is 31.8 Å². The molecule has 0 bridgehead atoms. The third-order valence-electron chi connectivity index (χ3n) is 2.84. The van der Waals surface area contributed by atoms with Gasteiger partial charge >= 0.3 is 5.97 Å². The smallest absolute Gasteiger partial charge is 0.303 e. The van der Waals surface area contributed by atoms with E-state index in [0.717, 1.165) is 12.4 Å². The minimum Gasteiger partial charge on any atom is -0.481 e. The molecule has 5 heteroatoms. The highest BCUT2D eigenvalue weighted by Gasteiger charge is 2.12. The third kappa shape index (κ3) is 3.66. The average molecular weight is 225 g/mol. The molecule has 16 heavy (non-hydrogen) atoms. The maximum atomic E-state index is 10.5. The standard InChI is InChI=1S/C11H19N3O2/c1-9(4-5-11(15)16)14(3)8-10-12-6-7-13(10)2/h6-7,9H,4-5,8H2,1-3H3,(H,15,16). The van der Waals surface area contributed by atoms with Crippen LogP contribution < -0.4 is 0 Å². The van der Waals surface area contributed by atoms with Gasteiger partial charge in [0.1, 0.15) is 5.82 Å². The van der Waals surface area contributed by atoms with Crippen molar-refractivity contribution in [3.8, 4) is 0 Å². The summed E-state index contributed by atoms with van der Waals surface area (Å²) in [5.74, 6) is 0.252. The summed E-state index contributed by atoms with van der Waals surface area (Å²) in [6.45, 7) is 2.77. The number of nitrogens with zero attached hydrogens (tertiary/aromatic N) is 3. The molecule has 0 radical (unpaired) electrons. The minimum absolute atomic E-state index is 0.214. The van der Waals surface area contributed by atoms with Crippen LogP contribution in [0.4, 0.5) is 0 Å². The van der Waals surface area contributed by atoms with Crippen molar-refractivity contribution in [2.24, 2.45) is 7.05 Å². The molecule has 0 fully saturated rings. The summed E-state index contributed by atoms with van der Waals surface area (Å²) in [4.78, 5) is 16.8. The largest absolute Gasteiger partial charge is 0.481 e. The van der Waals surface area contributed by atoms with Crippen LogP contribution in [0.2, 0.25) is 0 Å². The van der Waals surface area contributed by atoms with Gasteiger partial charge in [-0.15, -0.1) is 0 Å². The third-order valence-corrected chi connectivity index (χ3v) is 2.84. The molecule has 0 saturated heterocycles. The Labute approximate surface area is 95.7 Å². The van der Waals surface area contributed by atoms with Gasteiger partial charge in [0.05, 0.1) is 6.54 Å². The Morgan fingerprint density at radius 1 is 1.69 bits per heavy atom. The van der Waals surface area contributed by atoms with E-state index in [1.165, 1.54) is 0 Å². The van der Waals surface area contributed by atoms with Crippen LogP contribution in [0.3, 0.4) is 0 Å². The van der Waals surface area contributed by atoms with Gasteiger partial charge < -0.3 is 9.67 Å². The van der Waals surface area contributed by atoms with Crippen LogP contribution in [0.25, 0.3) is 0 Å². The van der Waals surface area contributed by atoms with Crippen molar-refractivity contribution in [2.45, 2.75) is 32.4 Å². The van der Waals surface area contributed by atoms with Crippen molar-refractivity contribution in [1.29, 1.82) is 0 Å². The average Bonchev–Trinajstić information content (AvgIpc) is 2.60. The summed E-state index contributed by atoms with van der Waals surface area (Å²) in [5.41, 5.74) is 0. The lowest BCUT2D eigenvalue weighted by Gasteiger charge is -2.23. The van der Waals surface area contributed by atoms with Gasteiger partial charge in [-0.3, -0.25) is 9.69 Å². The van der Waals surface area contributed by atoms with Crippen molar-refractivity contribution in [3.05, 3.63) is 18.2 Å². The Balaban J connectivity index is 2.42. The van der Waals surface area contributed by atoms with Gasteiger partial charge in [-0.05, 0) is 20.4 Å². The molecule has 5 nitrogen and oxygen atoms in total. The fourth-order valence-corrected chi connectivity index (χ4v) is 1.48. The van der Waals surface area contributed by atoms with Gasteiger partial charge in [0, 0.05) is 31.9 Å². The van der Waals surface area contributed by atoms with Crippen molar-refractivity contribution in [2.75, 3.05) is 7.05 Å².